The third-order valence-corrected chi connectivity index (χ3v) is 1.97. The van der Waals surface area contributed by atoms with Crippen molar-refractivity contribution in [1.29, 1.82) is 5.26 Å². The molecule has 0 radical (unpaired) electrons. The first-order valence-electron chi connectivity index (χ1n) is 3.56. The highest BCUT2D eigenvalue weighted by Crippen LogP contribution is 2.22. The van der Waals surface area contributed by atoms with E-state index in [2.05, 4.69) is 15.9 Å². The average molecular weight is 259 g/mol. The summed E-state index contributed by atoms with van der Waals surface area (Å²) < 4.78 is 26.6. The molecule has 1 aromatic rings. The molecule has 0 amide bonds. The molecule has 2 N–H and O–H groups in total. The van der Waals surface area contributed by atoms with E-state index in [4.69, 9.17) is 11.0 Å². The number of hydrogen-bond donors (Lipinski definition) is 1. The van der Waals surface area contributed by atoms with Crippen molar-refractivity contribution in [3.8, 4) is 6.07 Å². The van der Waals surface area contributed by atoms with Gasteiger partial charge in [-0.15, -0.1) is 0 Å². The Labute approximate surface area is 87.8 Å². The molecule has 5 heteroatoms. The summed E-state index contributed by atoms with van der Waals surface area (Å²) in [5.74, 6) is -1.61. The zero-order valence-corrected chi connectivity index (χ0v) is 8.48. The topological polar surface area (TPSA) is 49.8 Å². The van der Waals surface area contributed by atoms with Crippen molar-refractivity contribution < 1.29 is 8.78 Å². The monoisotopic (exact) mass is 258 g/mol. The molecule has 0 aliphatic heterocycles. The molecule has 14 heavy (non-hydrogen) atoms. The Morgan fingerprint density at radius 1 is 1.43 bits per heavy atom. The van der Waals surface area contributed by atoms with Crippen LogP contribution in [0.3, 0.4) is 0 Å². The quantitative estimate of drug-likeness (QED) is 0.788. The first kappa shape index (κ1) is 10.7. The summed E-state index contributed by atoms with van der Waals surface area (Å²) in [6, 6.07) is 3.76. The van der Waals surface area contributed by atoms with Crippen molar-refractivity contribution in [2.45, 2.75) is 0 Å². The fraction of sp³-hybridized carbons (Fsp3) is 0. The van der Waals surface area contributed by atoms with Gasteiger partial charge in [-0.3, -0.25) is 0 Å². The Bertz CT molecular complexity index is 412. The molecule has 0 bridgehead atoms. The number of nitrogens with two attached hydrogens (primary N) is 1. The highest BCUT2D eigenvalue weighted by molar-refractivity contribution is 9.10. The lowest BCUT2D eigenvalue weighted by molar-refractivity contribution is 0.575. The van der Waals surface area contributed by atoms with Gasteiger partial charge in [-0.05, 0) is 12.1 Å². The van der Waals surface area contributed by atoms with Crippen LogP contribution in [0.4, 0.5) is 8.78 Å². The number of nitriles is 1. The van der Waals surface area contributed by atoms with Gasteiger partial charge in [0, 0.05) is 10.5 Å². The number of hydrogen-bond acceptors (Lipinski definition) is 2. The van der Waals surface area contributed by atoms with Crippen LogP contribution >= 0.6 is 15.9 Å². The van der Waals surface area contributed by atoms with Crippen LogP contribution in [0.1, 0.15) is 5.56 Å². The van der Waals surface area contributed by atoms with E-state index in [1.807, 2.05) is 0 Å². The summed E-state index contributed by atoms with van der Waals surface area (Å²) in [6.45, 7) is 0. The first-order chi connectivity index (χ1) is 6.56. The second kappa shape index (κ2) is 4.20. The van der Waals surface area contributed by atoms with E-state index in [0.717, 1.165) is 18.2 Å². The van der Waals surface area contributed by atoms with Crippen molar-refractivity contribution in [3.63, 3.8) is 0 Å². The SMILES string of the molecule is N#CC=C(N)c1c(F)cc(Br)cc1F. The van der Waals surface area contributed by atoms with Gasteiger partial charge in [-0.2, -0.15) is 5.26 Å². The summed E-state index contributed by atoms with van der Waals surface area (Å²) in [5, 5.41) is 8.27. The van der Waals surface area contributed by atoms with Gasteiger partial charge < -0.3 is 5.73 Å². The second-order valence-corrected chi connectivity index (χ2v) is 3.39. The van der Waals surface area contributed by atoms with Gasteiger partial charge >= 0.3 is 0 Å². The van der Waals surface area contributed by atoms with Crippen LogP contribution in [0.5, 0.6) is 0 Å². The lowest BCUT2D eigenvalue weighted by atomic mass is 10.1. The number of halogens is 3. The van der Waals surface area contributed by atoms with Crippen LogP contribution in [0, 0.1) is 23.0 Å². The largest absolute Gasteiger partial charge is 0.397 e. The van der Waals surface area contributed by atoms with Crippen LogP contribution in [0.2, 0.25) is 0 Å². The molecule has 1 rings (SSSR count). The molecule has 2 nitrogen and oxygen atoms in total. The van der Waals surface area contributed by atoms with Gasteiger partial charge in [0.2, 0.25) is 0 Å². The summed E-state index contributed by atoms with van der Waals surface area (Å²) in [4.78, 5) is 0. The molecule has 0 atom stereocenters. The molecule has 1 aromatic carbocycles. The zero-order chi connectivity index (χ0) is 10.7. The molecule has 0 saturated carbocycles. The van der Waals surface area contributed by atoms with E-state index in [-0.39, 0.29) is 15.7 Å². The Morgan fingerprint density at radius 2 is 1.93 bits per heavy atom. The molecule has 0 aliphatic carbocycles. The highest BCUT2D eigenvalue weighted by Gasteiger charge is 2.12. The van der Waals surface area contributed by atoms with Crippen molar-refractivity contribution in [2.75, 3.05) is 0 Å². The van der Waals surface area contributed by atoms with E-state index < -0.39 is 11.6 Å². The summed E-state index contributed by atoms with van der Waals surface area (Å²) in [5.41, 5.74) is 4.69. The van der Waals surface area contributed by atoms with Crippen LogP contribution in [0.25, 0.3) is 5.70 Å². The van der Waals surface area contributed by atoms with Gasteiger partial charge in [-0.1, -0.05) is 15.9 Å². The maximum Gasteiger partial charge on any atom is 0.136 e. The maximum atomic E-state index is 13.2. The number of rotatable bonds is 1. The summed E-state index contributed by atoms with van der Waals surface area (Å²) >= 11 is 2.93. The van der Waals surface area contributed by atoms with E-state index in [1.165, 1.54) is 0 Å². The van der Waals surface area contributed by atoms with Gasteiger partial charge in [0.05, 0.1) is 17.3 Å². The summed E-state index contributed by atoms with van der Waals surface area (Å²) in [6.07, 6.45) is 0.884. The Kier molecular flexibility index (Phi) is 3.20. The molecule has 0 aromatic heterocycles. The highest BCUT2D eigenvalue weighted by atomic mass is 79.9. The smallest absolute Gasteiger partial charge is 0.136 e. The predicted molar refractivity (Wildman–Crippen MR) is 51.8 cm³/mol. The van der Waals surface area contributed by atoms with Crippen molar-refractivity contribution in [2.24, 2.45) is 5.73 Å². The molecule has 0 saturated heterocycles. The van der Waals surface area contributed by atoms with Crippen LogP contribution in [-0.2, 0) is 0 Å². The molecule has 0 unspecified atom stereocenters. The molecule has 0 aliphatic rings. The first-order valence-corrected chi connectivity index (χ1v) is 4.35. The molecule has 0 fully saturated rings. The second-order valence-electron chi connectivity index (χ2n) is 2.47. The van der Waals surface area contributed by atoms with Gasteiger partial charge in [0.1, 0.15) is 11.6 Å². The minimum atomic E-state index is -0.805. The fourth-order valence-electron chi connectivity index (χ4n) is 0.960. The summed E-state index contributed by atoms with van der Waals surface area (Å²) in [7, 11) is 0. The number of allylic oxidation sites excluding steroid dienone is 1. The van der Waals surface area contributed by atoms with Gasteiger partial charge in [-0.25, -0.2) is 8.78 Å². The maximum absolute atomic E-state index is 13.2. The molecule has 0 heterocycles. The Balaban J connectivity index is 3.37. The van der Waals surface area contributed by atoms with Crippen LogP contribution in [-0.4, -0.2) is 0 Å². The minimum absolute atomic E-state index is 0.227. The average Bonchev–Trinajstić information content (AvgIpc) is 2.01. The molecule has 72 valence electrons. The van der Waals surface area contributed by atoms with Gasteiger partial charge in [0.15, 0.2) is 0 Å². The zero-order valence-electron chi connectivity index (χ0n) is 6.89. The van der Waals surface area contributed by atoms with Crippen LogP contribution < -0.4 is 5.73 Å². The Morgan fingerprint density at radius 3 is 2.36 bits per heavy atom. The van der Waals surface area contributed by atoms with Crippen molar-refractivity contribution in [1.82, 2.24) is 0 Å². The standard InChI is InChI=1S/C9H5BrF2N2/c10-5-3-6(11)9(7(12)4-5)8(14)1-2-13/h1,3-4H,14H2. The van der Waals surface area contributed by atoms with E-state index in [1.54, 1.807) is 6.07 Å². The van der Waals surface area contributed by atoms with Crippen molar-refractivity contribution >= 4 is 21.6 Å². The lowest BCUT2D eigenvalue weighted by Gasteiger charge is -2.04. The third-order valence-electron chi connectivity index (χ3n) is 1.52. The van der Waals surface area contributed by atoms with E-state index >= 15 is 0 Å². The number of benzene rings is 1. The minimum Gasteiger partial charge on any atom is -0.397 e. The third kappa shape index (κ3) is 2.09. The fourth-order valence-corrected chi connectivity index (χ4v) is 1.36. The van der Waals surface area contributed by atoms with Gasteiger partial charge in [0.25, 0.3) is 0 Å². The molecular weight excluding hydrogens is 254 g/mol. The van der Waals surface area contributed by atoms with E-state index in [0.29, 0.717) is 0 Å². The lowest BCUT2D eigenvalue weighted by Crippen LogP contribution is -2.02. The molecular formula is C9H5BrF2N2. The normalized spacial score (nSPS) is 11.1. The Hall–Kier alpha value is -1.41. The molecule has 0 spiro atoms. The van der Waals surface area contributed by atoms with E-state index in [9.17, 15) is 8.78 Å². The predicted octanol–water partition coefficient (Wildman–Crippen LogP) is 2.55. The van der Waals surface area contributed by atoms with Crippen molar-refractivity contribution in [3.05, 3.63) is 39.9 Å². The van der Waals surface area contributed by atoms with Crippen LogP contribution in [0.15, 0.2) is 22.7 Å². The number of nitrogens with zero attached hydrogens (tertiary/aromatic N) is 1.